The summed E-state index contributed by atoms with van der Waals surface area (Å²) in [4.78, 5) is 16.4. The van der Waals surface area contributed by atoms with Crippen molar-refractivity contribution in [2.24, 2.45) is 0 Å². The third-order valence-electron chi connectivity index (χ3n) is 5.03. The Morgan fingerprint density at radius 1 is 1.14 bits per heavy atom. The summed E-state index contributed by atoms with van der Waals surface area (Å²) in [6.45, 7) is 4.00. The molecule has 0 radical (unpaired) electrons. The lowest BCUT2D eigenvalue weighted by molar-refractivity contribution is -0.880. The minimum Gasteiger partial charge on any atom is -0.497 e. The topological polar surface area (TPSA) is 55.2 Å². The zero-order valence-electron chi connectivity index (χ0n) is 17.0. The number of rotatable bonds is 6. The van der Waals surface area contributed by atoms with Crippen molar-refractivity contribution in [3.63, 3.8) is 0 Å². The maximum absolute atomic E-state index is 12.6. The molecule has 0 bridgehead atoms. The van der Waals surface area contributed by atoms with E-state index in [1.807, 2.05) is 24.3 Å². The van der Waals surface area contributed by atoms with Gasteiger partial charge in [0.1, 0.15) is 11.5 Å². The average molecular weight is 417 g/mol. The van der Waals surface area contributed by atoms with E-state index in [1.54, 1.807) is 32.4 Å². The first kappa shape index (κ1) is 21.0. The van der Waals surface area contributed by atoms with Crippen molar-refractivity contribution >= 4 is 35.0 Å². The van der Waals surface area contributed by atoms with Crippen LogP contribution in [-0.2, 0) is 4.79 Å². The molecule has 0 spiro atoms. The van der Waals surface area contributed by atoms with Gasteiger partial charge in [-0.2, -0.15) is 0 Å². The third kappa shape index (κ3) is 5.43. The van der Waals surface area contributed by atoms with Crippen LogP contribution >= 0.6 is 11.6 Å². The van der Waals surface area contributed by atoms with Crippen LogP contribution in [0.2, 0.25) is 5.02 Å². The SMILES string of the molecule is COc1ccc(OC)c(/C=C/C(=O)Nc2cc(Cl)ccc2N2CC[NH+](C)CC2)c1. The molecule has 1 amide bonds. The van der Waals surface area contributed by atoms with Gasteiger partial charge in [0.15, 0.2) is 0 Å². The standard InChI is InChI=1S/C22H26ClN3O3/c1-25-10-12-26(13-11-25)20-7-5-17(23)15-19(20)24-22(27)9-4-16-14-18(28-2)6-8-21(16)29-3/h4-9,14-15H,10-13H2,1-3H3,(H,24,27)/p+1/b9-4+. The van der Waals surface area contributed by atoms with E-state index >= 15 is 0 Å². The first-order valence-corrected chi connectivity index (χ1v) is 9.95. The summed E-state index contributed by atoms with van der Waals surface area (Å²) in [5.74, 6) is 1.12. The molecule has 2 N–H and O–H groups in total. The van der Waals surface area contributed by atoms with Crippen LogP contribution in [0.3, 0.4) is 0 Å². The fourth-order valence-corrected chi connectivity index (χ4v) is 3.50. The van der Waals surface area contributed by atoms with Gasteiger partial charge in [-0.1, -0.05) is 11.6 Å². The molecular weight excluding hydrogens is 390 g/mol. The number of anilines is 2. The molecule has 0 atom stereocenters. The van der Waals surface area contributed by atoms with Crippen LogP contribution in [0.15, 0.2) is 42.5 Å². The summed E-state index contributed by atoms with van der Waals surface area (Å²) in [7, 11) is 5.39. The van der Waals surface area contributed by atoms with Crippen molar-refractivity contribution in [1.82, 2.24) is 0 Å². The van der Waals surface area contributed by atoms with Gasteiger partial charge >= 0.3 is 0 Å². The lowest BCUT2D eigenvalue weighted by Gasteiger charge is -2.33. The highest BCUT2D eigenvalue weighted by atomic mass is 35.5. The van der Waals surface area contributed by atoms with E-state index in [1.165, 1.54) is 11.0 Å². The number of piperazine rings is 1. The molecule has 154 valence electrons. The third-order valence-corrected chi connectivity index (χ3v) is 5.26. The molecule has 7 heteroatoms. The summed E-state index contributed by atoms with van der Waals surface area (Å²) in [6, 6.07) is 11.1. The van der Waals surface area contributed by atoms with Gasteiger partial charge in [0.05, 0.1) is 58.8 Å². The van der Waals surface area contributed by atoms with Crippen LogP contribution in [0.4, 0.5) is 11.4 Å². The lowest BCUT2D eigenvalue weighted by atomic mass is 10.1. The second-order valence-corrected chi connectivity index (χ2v) is 7.47. The average Bonchev–Trinajstić information content (AvgIpc) is 2.73. The normalized spacial score (nSPS) is 14.8. The van der Waals surface area contributed by atoms with Gasteiger partial charge in [-0.3, -0.25) is 4.79 Å². The number of halogens is 1. The van der Waals surface area contributed by atoms with Crippen LogP contribution in [0.5, 0.6) is 11.5 Å². The van der Waals surface area contributed by atoms with E-state index in [0.29, 0.717) is 22.2 Å². The molecule has 0 aromatic heterocycles. The highest BCUT2D eigenvalue weighted by Gasteiger charge is 2.20. The van der Waals surface area contributed by atoms with E-state index in [0.717, 1.165) is 37.4 Å². The van der Waals surface area contributed by atoms with Crippen LogP contribution in [0, 0.1) is 0 Å². The predicted octanol–water partition coefficient (Wildman–Crippen LogP) is 2.34. The zero-order chi connectivity index (χ0) is 20.8. The summed E-state index contributed by atoms with van der Waals surface area (Å²) in [5, 5.41) is 3.55. The van der Waals surface area contributed by atoms with Crippen molar-refractivity contribution in [2.75, 3.05) is 57.7 Å². The number of likely N-dealkylation sites (N-methyl/N-ethyl adjacent to an activating group) is 1. The maximum atomic E-state index is 12.6. The Kier molecular flexibility index (Phi) is 7.01. The maximum Gasteiger partial charge on any atom is 0.248 e. The van der Waals surface area contributed by atoms with Gasteiger partial charge in [0, 0.05) is 16.7 Å². The van der Waals surface area contributed by atoms with E-state index in [2.05, 4.69) is 17.3 Å². The van der Waals surface area contributed by atoms with Crippen LogP contribution in [0.1, 0.15) is 5.56 Å². The van der Waals surface area contributed by atoms with Crippen molar-refractivity contribution in [3.8, 4) is 11.5 Å². The first-order chi connectivity index (χ1) is 14.0. The number of nitrogens with one attached hydrogen (secondary N) is 2. The number of quaternary nitrogens is 1. The number of benzene rings is 2. The van der Waals surface area contributed by atoms with Gasteiger partial charge in [-0.15, -0.1) is 0 Å². The van der Waals surface area contributed by atoms with E-state index < -0.39 is 0 Å². The molecule has 1 aliphatic rings. The van der Waals surface area contributed by atoms with Gasteiger partial charge in [-0.05, 0) is 42.5 Å². The Hall–Kier alpha value is -2.70. The minimum absolute atomic E-state index is 0.238. The Morgan fingerprint density at radius 3 is 2.59 bits per heavy atom. The van der Waals surface area contributed by atoms with Crippen LogP contribution in [0.25, 0.3) is 6.08 Å². The minimum atomic E-state index is -0.238. The molecule has 0 aliphatic carbocycles. The van der Waals surface area contributed by atoms with E-state index in [9.17, 15) is 4.79 Å². The van der Waals surface area contributed by atoms with Gasteiger partial charge in [0.2, 0.25) is 5.91 Å². The summed E-state index contributed by atoms with van der Waals surface area (Å²) >= 11 is 6.19. The molecule has 1 heterocycles. The number of carbonyl (C=O) groups excluding carboxylic acids is 1. The second-order valence-electron chi connectivity index (χ2n) is 7.04. The predicted molar refractivity (Wildman–Crippen MR) is 117 cm³/mol. The van der Waals surface area contributed by atoms with Crippen LogP contribution in [-0.4, -0.2) is 53.4 Å². The molecule has 1 saturated heterocycles. The second kappa shape index (κ2) is 9.67. The number of amides is 1. The molecular formula is C22H27ClN3O3+. The van der Waals surface area contributed by atoms with E-state index in [4.69, 9.17) is 21.1 Å². The highest BCUT2D eigenvalue weighted by Crippen LogP contribution is 2.30. The summed E-state index contributed by atoms with van der Waals surface area (Å²) in [6.07, 6.45) is 3.19. The number of nitrogens with zero attached hydrogens (tertiary/aromatic N) is 1. The van der Waals surface area contributed by atoms with Gasteiger partial charge in [-0.25, -0.2) is 0 Å². The fourth-order valence-electron chi connectivity index (χ4n) is 3.32. The van der Waals surface area contributed by atoms with Gasteiger partial charge < -0.3 is 24.6 Å². The molecule has 29 heavy (non-hydrogen) atoms. The molecule has 0 saturated carbocycles. The zero-order valence-corrected chi connectivity index (χ0v) is 17.8. The fraction of sp³-hybridized carbons (Fsp3) is 0.318. The number of methoxy groups -OCH3 is 2. The summed E-state index contributed by atoms with van der Waals surface area (Å²) in [5.41, 5.74) is 2.46. The van der Waals surface area contributed by atoms with Crippen molar-refractivity contribution in [2.45, 2.75) is 0 Å². The molecule has 2 aromatic rings. The Bertz CT molecular complexity index is 893. The molecule has 1 fully saturated rings. The number of hydrogen-bond acceptors (Lipinski definition) is 4. The van der Waals surface area contributed by atoms with Crippen molar-refractivity contribution in [1.29, 1.82) is 0 Å². The lowest BCUT2D eigenvalue weighted by Crippen LogP contribution is -3.12. The van der Waals surface area contributed by atoms with E-state index in [-0.39, 0.29) is 5.91 Å². The van der Waals surface area contributed by atoms with Crippen molar-refractivity contribution in [3.05, 3.63) is 53.1 Å². The molecule has 3 rings (SSSR count). The largest absolute Gasteiger partial charge is 0.497 e. The number of hydrogen-bond donors (Lipinski definition) is 2. The monoisotopic (exact) mass is 416 g/mol. The number of ether oxygens (including phenoxy) is 2. The molecule has 2 aromatic carbocycles. The Morgan fingerprint density at radius 2 is 1.90 bits per heavy atom. The Balaban J connectivity index is 1.77. The summed E-state index contributed by atoms with van der Waals surface area (Å²) < 4.78 is 10.6. The van der Waals surface area contributed by atoms with Gasteiger partial charge in [0.25, 0.3) is 0 Å². The quantitative estimate of drug-likeness (QED) is 0.710. The molecule has 1 aliphatic heterocycles. The Labute approximate surface area is 176 Å². The van der Waals surface area contributed by atoms with Crippen molar-refractivity contribution < 1.29 is 19.2 Å². The van der Waals surface area contributed by atoms with Crippen LogP contribution < -0.4 is 24.6 Å². The molecule has 0 unspecified atom stereocenters. The smallest absolute Gasteiger partial charge is 0.248 e. The molecule has 6 nitrogen and oxygen atoms in total. The number of carbonyl (C=O) groups is 1. The first-order valence-electron chi connectivity index (χ1n) is 9.57. The highest BCUT2D eigenvalue weighted by molar-refractivity contribution is 6.31.